The van der Waals surface area contributed by atoms with Crippen LogP contribution in [0.25, 0.3) is 0 Å². The summed E-state index contributed by atoms with van der Waals surface area (Å²) in [5.74, 6) is -0.175. The monoisotopic (exact) mass is 312 g/mol. The number of nitrogens with one attached hydrogen (secondary N) is 1. The fraction of sp³-hybridized carbons (Fsp3) is 0.400. The first-order valence-electron chi connectivity index (χ1n) is 8.42. The first kappa shape index (κ1) is 16.2. The Kier molecular flexibility index (Phi) is 5.09. The van der Waals surface area contributed by atoms with Crippen molar-refractivity contribution in [2.45, 2.75) is 26.3 Å². The van der Waals surface area contributed by atoms with Crippen molar-refractivity contribution < 1.29 is 4.39 Å². The number of nitrogens with zero attached hydrogens (tertiary/aromatic N) is 1. The standard InChI is InChI=1S/C20H25FN2/c1-15-4-5-16(2)19(14-15)20(17-6-8-18(21)9-7-17)23-12-3-10-22-11-13-23/h4-9,14,20,22H,3,10-13H2,1-2H3. The Morgan fingerprint density at radius 1 is 1.00 bits per heavy atom. The average Bonchev–Trinajstić information content (AvgIpc) is 2.82. The molecule has 1 saturated heterocycles. The molecule has 0 aromatic heterocycles. The zero-order chi connectivity index (χ0) is 16.2. The predicted molar refractivity (Wildman–Crippen MR) is 93.2 cm³/mol. The molecule has 3 heteroatoms. The van der Waals surface area contributed by atoms with Gasteiger partial charge in [0.05, 0.1) is 6.04 Å². The largest absolute Gasteiger partial charge is 0.315 e. The van der Waals surface area contributed by atoms with Gasteiger partial charge in [0, 0.05) is 19.6 Å². The molecule has 2 nitrogen and oxygen atoms in total. The fourth-order valence-corrected chi connectivity index (χ4v) is 3.41. The van der Waals surface area contributed by atoms with Crippen LogP contribution in [0.5, 0.6) is 0 Å². The summed E-state index contributed by atoms with van der Waals surface area (Å²) in [5.41, 5.74) is 5.06. The summed E-state index contributed by atoms with van der Waals surface area (Å²) in [4.78, 5) is 2.52. The van der Waals surface area contributed by atoms with Gasteiger partial charge in [0.15, 0.2) is 0 Å². The highest BCUT2D eigenvalue weighted by Crippen LogP contribution is 2.32. The van der Waals surface area contributed by atoms with Crippen LogP contribution in [0.1, 0.15) is 34.7 Å². The Bertz CT molecular complexity index is 643. The van der Waals surface area contributed by atoms with Crippen LogP contribution >= 0.6 is 0 Å². The Balaban J connectivity index is 2.04. The van der Waals surface area contributed by atoms with Crippen LogP contribution in [0.4, 0.5) is 4.39 Å². The van der Waals surface area contributed by atoms with Crippen molar-refractivity contribution in [1.82, 2.24) is 10.2 Å². The molecular weight excluding hydrogens is 287 g/mol. The summed E-state index contributed by atoms with van der Waals surface area (Å²) in [7, 11) is 0. The Labute approximate surface area is 138 Å². The first-order valence-corrected chi connectivity index (χ1v) is 8.42. The molecule has 1 aliphatic rings. The van der Waals surface area contributed by atoms with E-state index in [0.29, 0.717) is 0 Å². The zero-order valence-corrected chi connectivity index (χ0v) is 14.0. The van der Waals surface area contributed by atoms with E-state index in [1.54, 1.807) is 12.1 Å². The van der Waals surface area contributed by atoms with E-state index >= 15 is 0 Å². The fourth-order valence-electron chi connectivity index (χ4n) is 3.41. The van der Waals surface area contributed by atoms with Gasteiger partial charge in [-0.15, -0.1) is 0 Å². The molecule has 2 aromatic carbocycles. The number of hydrogen-bond donors (Lipinski definition) is 1. The SMILES string of the molecule is Cc1ccc(C)c(C(c2ccc(F)cc2)N2CCCNCC2)c1. The number of rotatable bonds is 3. The molecule has 1 fully saturated rings. The second kappa shape index (κ2) is 7.24. The third kappa shape index (κ3) is 3.80. The molecule has 0 radical (unpaired) electrons. The molecule has 0 bridgehead atoms. The van der Waals surface area contributed by atoms with Crippen LogP contribution in [-0.4, -0.2) is 31.1 Å². The first-order chi connectivity index (χ1) is 11.1. The second-order valence-corrected chi connectivity index (χ2v) is 6.45. The van der Waals surface area contributed by atoms with Gasteiger partial charge in [0.1, 0.15) is 5.82 Å². The minimum atomic E-state index is -0.175. The molecule has 1 aliphatic heterocycles. The van der Waals surface area contributed by atoms with Gasteiger partial charge < -0.3 is 5.32 Å². The second-order valence-electron chi connectivity index (χ2n) is 6.45. The quantitative estimate of drug-likeness (QED) is 0.926. The van der Waals surface area contributed by atoms with E-state index in [0.717, 1.165) is 32.6 Å². The molecule has 1 unspecified atom stereocenters. The van der Waals surface area contributed by atoms with E-state index in [1.807, 2.05) is 12.1 Å². The minimum Gasteiger partial charge on any atom is -0.315 e. The molecule has 1 heterocycles. The van der Waals surface area contributed by atoms with Crippen LogP contribution in [0.15, 0.2) is 42.5 Å². The maximum Gasteiger partial charge on any atom is 0.123 e. The third-order valence-electron chi connectivity index (χ3n) is 4.65. The zero-order valence-electron chi connectivity index (χ0n) is 14.0. The van der Waals surface area contributed by atoms with Gasteiger partial charge in [-0.05, 0) is 55.6 Å². The summed E-state index contributed by atoms with van der Waals surface area (Å²) in [5, 5.41) is 3.47. The lowest BCUT2D eigenvalue weighted by Crippen LogP contribution is -2.33. The summed E-state index contributed by atoms with van der Waals surface area (Å²) >= 11 is 0. The van der Waals surface area contributed by atoms with Gasteiger partial charge in [-0.2, -0.15) is 0 Å². The summed E-state index contributed by atoms with van der Waals surface area (Å²) in [6, 6.07) is 13.8. The maximum absolute atomic E-state index is 13.4. The van der Waals surface area contributed by atoms with Crippen LogP contribution in [0, 0.1) is 19.7 Å². The van der Waals surface area contributed by atoms with Gasteiger partial charge >= 0.3 is 0 Å². The van der Waals surface area contributed by atoms with E-state index < -0.39 is 0 Å². The maximum atomic E-state index is 13.4. The van der Waals surface area contributed by atoms with Gasteiger partial charge in [-0.3, -0.25) is 4.90 Å². The highest BCUT2D eigenvalue weighted by atomic mass is 19.1. The van der Waals surface area contributed by atoms with E-state index in [2.05, 4.69) is 42.3 Å². The Morgan fingerprint density at radius 3 is 2.57 bits per heavy atom. The summed E-state index contributed by atoms with van der Waals surface area (Å²) in [6.45, 7) is 8.44. The number of hydrogen-bond acceptors (Lipinski definition) is 2. The molecule has 1 atom stereocenters. The van der Waals surface area contributed by atoms with Crippen molar-refractivity contribution in [3.05, 3.63) is 70.5 Å². The van der Waals surface area contributed by atoms with Crippen LogP contribution in [0.2, 0.25) is 0 Å². The minimum absolute atomic E-state index is 0.175. The van der Waals surface area contributed by atoms with Gasteiger partial charge in [-0.1, -0.05) is 35.9 Å². The van der Waals surface area contributed by atoms with Crippen molar-refractivity contribution in [1.29, 1.82) is 0 Å². The molecule has 1 N–H and O–H groups in total. The van der Waals surface area contributed by atoms with Crippen molar-refractivity contribution in [2.24, 2.45) is 0 Å². The van der Waals surface area contributed by atoms with E-state index in [-0.39, 0.29) is 11.9 Å². The Morgan fingerprint density at radius 2 is 1.78 bits per heavy atom. The lowest BCUT2D eigenvalue weighted by atomic mass is 9.92. The molecule has 0 amide bonds. The highest BCUT2D eigenvalue weighted by molar-refractivity contribution is 5.39. The van der Waals surface area contributed by atoms with E-state index in [1.165, 1.54) is 22.3 Å². The number of benzene rings is 2. The van der Waals surface area contributed by atoms with Gasteiger partial charge in [0.2, 0.25) is 0 Å². The molecule has 23 heavy (non-hydrogen) atoms. The predicted octanol–water partition coefficient (Wildman–Crippen LogP) is 3.83. The topological polar surface area (TPSA) is 15.3 Å². The van der Waals surface area contributed by atoms with Crippen LogP contribution in [-0.2, 0) is 0 Å². The van der Waals surface area contributed by atoms with Crippen molar-refractivity contribution in [2.75, 3.05) is 26.2 Å². The molecule has 0 spiro atoms. The highest BCUT2D eigenvalue weighted by Gasteiger charge is 2.24. The normalized spacial score (nSPS) is 17.7. The molecule has 2 aromatic rings. The molecule has 3 rings (SSSR count). The third-order valence-corrected chi connectivity index (χ3v) is 4.65. The summed E-state index contributed by atoms with van der Waals surface area (Å²) < 4.78 is 13.4. The lowest BCUT2D eigenvalue weighted by Gasteiger charge is -2.32. The Hall–Kier alpha value is -1.71. The van der Waals surface area contributed by atoms with E-state index in [4.69, 9.17) is 0 Å². The van der Waals surface area contributed by atoms with Gasteiger partial charge in [-0.25, -0.2) is 4.39 Å². The molecule has 122 valence electrons. The van der Waals surface area contributed by atoms with Crippen molar-refractivity contribution >= 4 is 0 Å². The number of halogens is 1. The molecule has 0 aliphatic carbocycles. The number of aryl methyl sites for hydroxylation is 2. The van der Waals surface area contributed by atoms with Crippen molar-refractivity contribution in [3.63, 3.8) is 0 Å². The summed E-state index contributed by atoms with van der Waals surface area (Å²) in [6.07, 6.45) is 1.14. The lowest BCUT2D eigenvalue weighted by molar-refractivity contribution is 0.240. The molecular formula is C20H25FN2. The van der Waals surface area contributed by atoms with Crippen LogP contribution < -0.4 is 5.32 Å². The van der Waals surface area contributed by atoms with Crippen LogP contribution in [0.3, 0.4) is 0 Å². The van der Waals surface area contributed by atoms with Crippen molar-refractivity contribution in [3.8, 4) is 0 Å². The molecule has 0 saturated carbocycles. The average molecular weight is 312 g/mol. The smallest absolute Gasteiger partial charge is 0.123 e. The van der Waals surface area contributed by atoms with Gasteiger partial charge in [0.25, 0.3) is 0 Å². The van der Waals surface area contributed by atoms with E-state index in [9.17, 15) is 4.39 Å².